The van der Waals surface area contributed by atoms with Crippen molar-refractivity contribution in [1.29, 1.82) is 0 Å². The van der Waals surface area contributed by atoms with Gasteiger partial charge in [-0.3, -0.25) is 9.69 Å². The topological polar surface area (TPSA) is 67.2 Å². The van der Waals surface area contributed by atoms with Gasteiger partial charge in [0.15, 0.2) is 0 Å². The van der Waals surface area contributed by atoms with Crippen molar-refractivity contribution in [2.45, 2.75) is 30.8 Å². The van der Waals surface area contributed by atoms with E-state index in [1.165, 1.54) is 18.7 Å². The third kappa shape index (κ3) is 4.39. The molecule has 0 radical (unpaired) electrons. The van der Waals surface area contributed by atoms with Crippen LogP contribution in [0.25, 0.3) is 10.9 Å². The standard InChI is InChI=1S/C28H33F2N3O4/c1-31-23-13-20(37-3)5-6-21(23)26-27(31)24(15-34)33(14-18-12-19(29)4-7-22(18)30)17-28(26)8-10-32(11-9-28)25(35)16-36-2/h4-7,12-13,24,34H,8-11,14-17H2,1-3H3/t24-/m0/s1. The molecule has 2 aromatic carbocycles. The molecule has 1 saturated heterocycles. The number of hydrogen-bond donors (Lipinski definition) is 1. The average molecular weight is 514 g/mol. The van der Waals surface area contributed by atoms with Crippen LogP contribution in [0.1, 0.15) is 35.7 Å². The van der Waals surface area contributed by atoms with E-state index in [-0.39, 0.29) is 36.6 Å². The van der Waals surface area contributed by atoms with Crippen molar-refractivity contribution in [1.82, 2.24) is 14.4 Å². The number of methoxy groups -OCH3 is 2. The number of amides is 1. The number of rotatable bonds is 6. The number of nitrogens with zero attached hydrogens (tertiary/aromatic N) is 3. The first-order valence-electron chi connectivity index (χ1n) is 12.5. The lowest BCUT2D eigenvalue weighted by atomic mass is 9.68. The van der Waals surface area contributed by atoms with Gasteiger partial charge in [-0.1, -0.05) is 0 Å². The Hall–Kier alpha value is -3.01. The third-order valence-electron chi connectivity index (χ3n) is 8.14. The summed E-state index contributed by atoms with van der Waals surface area (Å²) < 4.78 is 41.4. The van der Waals surface area contributed by atoms with Crippen molar-refractivity contribution in [2.24, 2.45) is 7.05 Å². The summed E-state index contributed by atoms with van der Waals surface area (Å²) in [4.78, 5) is 16.4. The summed E-state index contributed by atoms with van der Waals surface area (Å²) in [5.74, 6) is -0.271. The molecule has 37 heavy (non-hydrogen) atoms. The van der Waals surface area contributed by atoms with E-state index in [1.807, 2.05) is 24.1 Å². The second kappa shape index (κ2) is 10.0. The summed E-state index contributed by atoms with van der Waals surface area (Å²) in [5, 5.41) is 11.7. The van der Waals surface area contributed by atoms with E-state index in [2.05, 4.69) is 15.5 Å². The summed E-state index contributed by atoms with van der Waals surface area (Å²) in [6, 6.07) is 9.08. The molecular formula is C28H33F2N3O4. The Kier molecular flexibility index (Phi) is 6.95. The molecule has 2 aliphatic heterocycles. The molecule has 7 nitrogen and oxygen atoms in total. The quantitative estimate of drug-likeness (QED) is 0.547. The van der Waals surface area contributed by atoms with Crippen molar-refractivity contribution in [3.05, 3.63) is 64.9 Å². The zero-order chi connectivity index (χ0) is 26.3. The Bertz CT molecular complexity index is 1320. The van der Waals surface area contributed by atoms with E-state index in [0.29, 0.717) is 32.5 Å². The lowest BCUT2D eigenvalue weighted by Crippen LogP contribution is -2.55. The fourth-order valence-electron chi connectivity index (χ4n) is 6.32. The highest BCUT2D eigenvalue weighted by Crippen LogP contribution is 2.50. The maximum Gasteiger partial charge on any atom is 0.248 e. The number of likely N-dealkylation sites (tertiary alicyclic amines) is 1. The van der Waals surface area contributed by atoms with Crippen LogP contribution in [0.4, 0.5) is 8.78 Å². The molecule has 9 heteroatoms. The molecule has 1 fully saturated rings. The Morgan fingerprint density at radius 3 is 2.57 bits per heavy atom. The molecule has 198 valence electrons. The van der Waals surface area contributed by atoms with Crippen LogP contribution in [0.3, 0.4) is 0 Å². The van der Waals surface area contributed by atoms with Gasteiger partial charge in [0.05, 0.1) is 25.3 Å². The Balaban J connectivity index is 1.62. The van der Waals surface area contributed by atoms with Crippen molar-refractivity contribution in [3.8, 4) is 5.75 Å². The van der Waals surface area contributed by atoms with Gasteiger partial charge in [0.1, 0.15) is 24.0 Å². The molecule has 0 aliphatic carbocycles. The minimum atomic E-state index is -0.494. The predicted octanol–water partition coefficient (Wildman–Crippen LogP) is 3.52. The molecule has 1 N–H and O–H groups in total. The van der Waals surface area contributed by atoms with Crippen LogP contribution in [-0.4, -0.2) is 72.4 Å². The molecule has 1 spiro atoms. The molecule has 5 rings (SSSR count). The van der Waals surface area contributed by atoms with Gasteiger partial charge in [0, 0.05) is 68.5 Å². The van der Waals surface area contributed by atoms with Crippen LogP contribution in [0.15, 0.2) is 36.4 Å². The van der Waals surface area contributed by atoms with Crippen LogP contribution in [-0.2, 0) is 28.5 Å². The number of fused-ring (bicyclic) bond motifs is 4. The first-order chi connectivity index (χ1) is 17.8. The lowest BCUT2D eigenvalue weighted by Gasteiger charge is -2.50. The number of halogens is 2. The number of aliphatic hydroxyl groups is 1. The summed E-state index contributed by atoms with van der Waals surface area (Å²) >= 11 is 0. The molecule has 0 saturated carbocycles. The van der Waals surface area contributed by atoms with E-state index in [4.69, 9.17) is 9.47 Å². The first-order valence-corrected chi connectivity index (χ1v) is 12.5. The van der Waals surface area contributed by atoms with Crippen LogP contribution in [0, 0.1) is 11.6 Å². The maximum atomic E-state index is 14.7. The zero-order valence-corrected chi connectivity index (χ0v) is 21.5. The van der Waals surface area contributed by atoms with Crippen LogP contribution < -0.4 is 4.74 Å². The normalized spacial score (nSPS) is 19.4. The summed E-state index contributed by atoms with van der Waals surface area (Å²) in [6.07, 6.45) is 1.42. The van der Waals surface area contributed by atoms with Gasteiger partial charge in [-0.25, -0.2) is 8.78 Å². The van der Waals surface area contributed by atoms with Gasteiger partial charge < -0.3 is 24.0 Å². The van der Waals surface area contributed by atoms with E-state index in [9.17, 15) is 18.7 Å². The lowest BCUT2D eigenvalue weighted by molar-refractivity contribution is -0.137. The monoisotopic (exact) mass is 513 g/mol. The molecule has 3 aromatic rings. The fourth-order valence-corrected chi connectivity index (χ4v) is 6.32. The number of aromatic nitrogens is 1. The smallest absolute Gasteiger partial charge is 0.248 e. The number of hydrogen-bond acceptors (Lipinski definition) is 5. The highest BCUT2D eigenvalue weighted by Gasteiger charge is 2.48. The molecule has 3 heterocycles. The molecular weight excluding hydrogens is 480 g/mol. The number of ether oxygens (including phenoxy) is 2. The molecule has 1 atom stereocenters. The Morgan fingerprint density at radius 1 is 1.14 bits per heavy atom. The Labute approximate surface area is 215 Å². The van der Waals surface area contributed by atoms with Crippen LogP contribution in [0.5, 0.6) is 5.75 Å². The zero-order valence-electron chi connectivity index (χ0n) is 21.5. The fraction of sp³-hybridized carbons (Fsp3) is 0.464. The highest BCUT2D eigenvalue weighted by atomic mass is 19.1. The van der Waals surface area contributed by atoms with E-state index < -0.39 is 17.7 Å². The number of aryl methyl sites for hydroxylation is 1. The van der Waals surface area contributed by atoms with Crippen LogP contribution >= 0.6 is 0 Å². The van der Waals surface area contributed by atoms with E-state index in [0.717, 1.165) is 34.5 Å². The highest BCUT2D eigenvalue weighted by molar-refractivity contribution is 5.89. The van der Waals surface area contributed by atoms with Crippen LogP contribution in [0.2, 0.25) is 0 Å². The van der Waals surface area contributed by atoms with Crippen molar-refractivity contribution in [2.75, 3.05) is 47.1 Å². The molecule has 1 aromatic heterocycles. The van der Waals surface area contributed by atoms with Gasteiger partial charge in [-0.05, 0) is 48.7 Å². The first kappa shape index (κ1) is 25.6. The molecule has 0 unspecified atom stereocenters. The second-order valence-electron chi connectivity index (χ2n) is 10.1. The number of benzene rings is 2. The number of carbonyl (C=O) groups excluding carboxylic acids is 1. The van der Waals surface area contributed by atoms with Gasteiger partial charge in [-0.2, -0.15) is 0 Å². The maximum absolute atomic E-state index is 14.7. The number of aliphatic hydroxyl groups excluding tert-OH is 1. The number of carbonyl (C=O) groups is 1. The average Bonchev–Trinajstić information content (AvgIpc) is 3.19. The van der Waals surface area contributed by atoms with Gasteiger partial charge >= 0.3 is 0 Å². The molecule has 0 bridgehead atoms. The minimum absolute atomic E-state index is 0.0389. The number of piperidine rings is 1. The van der Waals surface area contributed by atoms with Gasteiger partial charge in [-0.15, -0.1) is 0 Å². The van der Waals surface area contributed by atoms with E-state index in [1.54, 1.807) is 7.11 Å². The van der Waals surface area contributed by atoms with Crippen molar-refractivity contribution in [3.63, 3.8) is 0 Å². The summed E-state index contributed by atoms with van der Waals surface area (Å²) in [5.41, 5.74) is 3.04. The molecule has 2 aliphatic rings. The third-order valence-corrected chi connectivity index (χ3v) is 8.14. The van der Waals surface area contributed by atoms with Crippen molar-refractivity contribution >= 4 is 16.8 Å². The van der Waals surface area contributed by atoms with Gasteiger partial charge in [0.2, 0.25) is 5.91 Å². The van der Waals surface area contributed by atoms with Gasteiger partial charge in [0.25, 0.3) is 0 Å². The molecule has 1 amide bonds. The Morgan fingerprint density at radius 2 is 1.89 bits per heavy atom. The van der Waals surface area contributed by atoms with E-state index >= 15 is 0 Å². The summed E-state index contributed by atoms with van der Waals surface area (Å²) in [6.45, 7) is 1.73. The van der Waals surface area contributed by atoms with Crippen molar-refractivity contribution < 1.29 is 28.2 Å². The second-order valence-corrected chi connectivity index (χ2v) is 10.1. The largest absolute Gasteiger partial charge is 0.497 e. The summed E-state index contributed by atoms with van der Waals surface area (Å²) in [7, 11) is 5.12. The SMILES string of the molecule is COCC(=O)N1CCC2(CC1)CN(Cc1cc(F)ccc1F)[C@@H](CO)c1c2c2ccc(OC)cc2n1C. The predicted molar refractivity (Wildman–Crippen MR) is 135 cm³/mol. The minimum Gasteiger partial charge on any atom is -0.497 e.